The highest BCUT2D eigenvalue weighted by Crippen LogP contribution is 2.09. The summed E-state index contributed by atoms with van der Waals surface area (Å²) in [6.07, 6.45) is 1.97. The molecule has 0 fully saturated rings. The Balaban J connectivity index is 1.78. The Labute approximate surface area is 169 Å². The molecule has 0 aliphatic heterocycles. The lowest BCUT2D eigenvalue weighted by molar-refractivity contribution is -0.123. The molecular formula is C21H25ClFN3O2. The molecule has 0 aliphatic rings. The van der Waals surface area contributed by atoms with Crippen molar-refractivity contribution in [1.82, 2.24) is 16.0 Å². The molecule has 28 heavy (non-hydrogen) atoms. The van der Waals surface area contributed by atoms with E-state index in [2.05, 4.69) is 16.0 Å². The van der Waals surface area contributed by atoms with Gasteiger partial charge in [-0.2, -0.15) is 0 Å². The van der Waals surface area contributed by atoms with Crippen LogP contribution in [-0.4, -0.2) is 24.5 Å². The van der Waals surface area contributed by atoms with E-state index < -0.39 is 12.1 Å². The second kappa shape index (κ2) is 11.3. The lowest BCUT2D eigenvalue weighted by atomic mass is 10.1. The second-order valence-electron chi connectivity index (χ2n) is 6.46. The molecule has 2 aromatic rings. The fourth-order valence-corrected chi connectivity index (χ4v) is 2.78. The Morgan fingerprint density at radius 3 is 2.29 bits per heavy atom. The third-order valence-corrected chi connectivity index (χ3v) is 4.44. The number of carbonyl (C=O) groups excluding carboxylic acids is 2. The van der Waals surface area contributed by atoms with Crippen LogP contribution in [0.2, 0.25) is 5.02 Å². The smallest absolute Gasteiger partial charge is 0.315 e. The van der Waals surface area contributed by atoms with Gasteiger partial charge < -0.3 is 16.0 Å². The van der Waals surface area contributed by atoms with E-state index in [0.717, 1.165) is 17.5 Å². The molecular weight excluding hydrogens is 381 g/mol. The van der Waals surface area contributed by atoms with E-state index >= 15 is 0 Å². The zero-order valence-corrected chi connectivity index (χ0v) is 16.6. The van der Waals surface area contributed by atoms with Crippen LogP contribution >= 0.6 is 11.6 Å². The molecule has 0 spiro atoms. The van der Waals surface area contributed by atoms with Gasteiger partial charge in [0.1, 0.15) is 11.9 Å². The van der Waals surface area contributed by atoms with Gasteiger partial charge in [0, 0.05) is 18.1 Å². The summed E-state index contributed by atoms with van der Waals surface area (Å²) in [5.41, 5.74) is 1.85. The van der Waals surface area contributed by atoms with Crippen molar-refractivity contribution < 1.29 is 14.0 Å². The molecule has 0 radical (unpaired) electrons. The highest BCUT2D eigenvalue weighted by molar-refractivity contribution is 6.30. The molecule has 0 aliphatic carbocycles. The molecule has 3 N–H and O–H groups in total. The number of amides is 3. The molecule has 2 rings (SSSR count). The summed E-state index contributed by atoms with van der Waals surface area (Å²) >= 11 is 5.86. The van der Waals surface area contributed by atoms with Gasteiger partial charge in [-0.05, 0) is 48.2 Å². The van der Waals surface area contributed by atoms with Crippen LogP contribution in [0.4, 0.5) is 9.18 Å². The number of halogens is 2. The molecule has 1 atom stereocenters. The van der Waals surface area contributed by atoms with Crippen LogP contribution in [0.3, 0.4) is 0 Å². The number of hydrogen-bond acceptors (Lipinski definition) is 2. The predicted molar refractivity (Wildman–Crippen MR) is 109 cm³/mol. The first-order chi connectivity index (χ1) is 13.5. The van der Waals surface area contributed by atoms with E-state index in [0.29, 0.717) is 24.4 Å². The van der Waals surface area contributed by atoms with Gasteiger partial charge in [-0.1, -0.05) is 49.2 Å². The van der Waals surface area contributed by atoms with E-state index in [1.165, 1.54) is 12.1 Å². The molecule has 0 bridgehead atoms. The first kappa shape index (κ1) is 21.7. The Hall–Kier alpha value is -2.60. The summed E-state index contributed by atoms with van der Waals surface area (Å²) in [5.74, 6) is -0.542. The molecule has 0 saturated heterocycles. The first-order valence-corrected chi connectivity index (χ1v) is 9.66. The van der Waals surface area contributed by atoms with Crippen molar-refractivity contribution in [2.75, 3.05) is 6.54 Å². The van der Waals surface area contributed by atoms with Gasteiger partial charge >= 0.3 is 6.03 Å². The van der Waals surface area contributed by atoms with Crippen molar-refractivity contribution in [3.63, 3.8) is 0 Å². The highest BCUT2D eigenvalue weighted by Gasteiger charge is 2.19. The SMILES string of the molecule is CCCC(NC(=O)NCc1ccc(F)cc1)C(=O)NCCc1ccc(Cl)cc1. The van der Waals surface area contributed by atoms with Crippen LogP contribution in [0.5, 0.6) is 0 Å². The number of urea groups is 1. The van der Waals surface area contributed by atoms with E-state index in [1.54, 1.807) is 12.1 Å². The Kier molecular flexibility index (Phi) is 8.75. The summed E-state index contributed by atoms with van der Waals surface area (Å²) in [7, 11) is 0. The zero-order chi connectivity index (χ0) is 20.4. The van der Waals surface area contributed by atoms with Crippen molar-refractivity contribution in [1.29, 1.82) is 0 Å². The number of hydrogen-bond donors (Lipinski definition) is 3. The second-order valence-corrected chi connectivity index (χ2v) is 6.90. The largest absolute Gasteiger partial charge is 0.354 e. The van der Waals surface area contributed by atoms with Gasteiger partial charge in [0.2, 0.25) is 5.91 Å². The van der Waals surface area contributed by atoms with Crippen molar-refractivity contribution >= 4 is 23.5 Å². The molecule has 0 heterocycles. The number of carbonyl (C=O) groups is 2. The summed E-state index contributed by atoms with van der Waals surface area (Å²) in [6.45, 7) is 2.68. The minimum Gasteiger partial charge on any atom is -0.354 e. The van der Waals surface area contributed by atoms with E-state index in [-0.39, 0.29) is 18.3 Å². The molecule has 1 unspecified atom stereocenters. The average Bonchev–Trinajstić information content (AvgIpc) is 2.68. The normalized spacial score (nSPS) is 11.5. The van der Waals surface area contributed by atoms with Crippen molar-refractivity contribution in [2.24, 2.45) is 0 Å². The highest BCUT2D eigenvalue weighted by atomic mass is 35.5. The van der Waals surface area contributed by atoms with Crippen LogP contribution in [-0.2, 0) is 17.8 Å². The van der Waals surface area contributed by atoms with E-state index in [9.17, 15) is 14.0 Å². The quantitative estimate of drug-likeness (QED) is 0.593. The molecule has 0 aromatic heterocycles. The van der Waals surface area contributed by atoms with Gasteiger partial charge in [0.05, 0.1) is 0 Å². The van der Waals surface area contributed by atoms with Crippen LogP contribution in [0, 0.1) is 5.82 Å². The maximum atomic E-state index is 12.9. The summed E-state index contributed by atoms with van der Waals surface area (Å²) < 4.78 is 12.9. The third-order valence-electron chi connectivity index (χ3n) is 4.19. The van der Waals surface area contributed by atoms with Gasteiger partial charge in [0.15, 0.2) is 0 Å². The van der Waals surface area contributed by atoms with Gasteiger partial charge in [-0.25, -0.2) is 9.18 Å². The molecule has 0 saturated carbocycles. The summed E-state index contributed by atoms with van der Waals surface area (Å²) in [4.78, 5) is 24.5. The minimum absolute atomic E-state index is 0.215. The topological polar surface area (TPSA) is 70.2 Å². The minimum atomic E-state index is -0.608. The maximum absolute atomic E-state index is 12.9. The standard InChI is InChI=1S/C21H25ClFN3O2/c1-2-3-19(20(27)24-13-12-15-4-8-17(22)9-5-15)26-21(28)25-14-16-6-10-18(23)11-7-16/h4-11,19H,2-3,12-14H2,1H3,(H,24,27)(H2,25,26,28). The molecule has 150 valence electrons. The van der Waals surface area contributed by atoms with Crippen molar-refractivity contribution in [2.45, 2.75) is 38.8 Å². The van der Waals surface area contributed by atoms with Crippen molar-refractivity contribution in [3.05, 3.63) is 70.5 Å². The monoisotopic (exact) mass is 405 g/mol. The lowest BCUT2D eigenvalue weighted by Gasteiger charge is -2.18. The van der Waals surface area contributed by atoms with E-state index in [4.69, 9.17) is 11.6 Å². The van der Waals surface area contributed by atoms with Crippen LogP contribution in [0.25, 0.3) is 0 Å². The molecule has 3 amide bonds. The third kappa shape index (κ3) is 7.56. The van der Waals surface area contributed by atoms with Crippen LogP contribution < -0.4 is 16.0 Å². The zero-order valence-electron chi connectivity index (χ0n) is 15.8. The van der Waals surface area contributed by atoms with Gasteiger partial charge in [0.25, 0.3) is 0 Å². The fraction of sp³-hybridized carbons (Fsp3) is 0.333. The van der Waals surface area contributed by atoms with Gasteiger partial charge in [-0.15, -0.1) is 0 Å². The van der Waals surface area contributed by atoms with Crippen LogP contribution in [0.1, 0.15) is 30.9 Å². The summed E-state index contributed by atoms with van der Waals surface area (Å²) in [5, 5.41) is 8.92. The lowest BCUT2D eigenvalue weighted by Crippen LogP contribution is -2.50. The number of benzene rings is 2. The average molecular weight is 406 g/mol. The van der Waals surface area contributed by atoms with E-state index in [1.807, 2.05) is 31.2 Å². The predicted octanol–water partition coefficient (Wildman–Crippen LogP) is 3.81. The van der Waals surface area contributed by atoms with Crippen LogP contribution in [0.15, 0.2) is 48.5 Å². The van der Waals surface area contributed by atoms with Gasteiger partial charge in [-0.3, -0.25) is 4.79 Å². The fourth-order valence-electron chi connectivity index (χ4n) is 2.66. The molecule has 2 aromatic carbocycles. The number of rotatable bonds is 9. The Morgan fingerprint density at radius 1 is 1.00 bits per heavy atom. The molecule has 7 heteroatoms. The Morgan fingerprint density at radius 2 is 1.64 bits per heavy atom. The summed E-state index contributed by atoms with van der Waals surface area (Å²) in [6, 6.07) is 12.3. The number of nitrogens with one attached hydrogen (secondary N) is 3. The Bertz CT molecular complexity index is 766. The molecule has 5 nitrogen and oxygen atoms in total. The maximum Gasteiger partial charge on any atom is 0.315 e. The first-order valence-electron chi connectivity index (χ1n) is 9.29. The van der Waals surface area contributed by atoms with Crippen molar-refractivity contribution in [3.8, 4) is 0 Å².